The molecule has 1 saturated carbocycles. The van der Waals surface area contributed by atoms with Gasteiger partial charge in [-0.2, -0.15) is 0 Å². The third-order valence-electron chi connectivity index (χ3n) is 3.17. The monoisotopic (exact) mass is 195 g/mol. The number of hydrogen-bond donors (Lipinski definition) is 1. The minimum atomic E-state index is 0.374. The van der Waals surface area contributed by atoms with E-state index in [1.54, 1.807) is 0 Å². The fraction of sp³-hybridized carbons (Fsp3) is 0.846. The van der Waals surface area contributed by atoms with Crippen LogP contribution in [-0.2, 0) is 0 Å². The van der Waals surface area contributed by atoms with Crippen molar-refractivity contribution in [3.8, 4) is 0 Å². The van der Waals surface area contributed by atoms with Crippen molar-refractivity contribution in [1.82, 2.24) is 5.32 Å². The lowest BCUT2D eigenvalue weighted by Gasteiger charge is -2.29. The second-order valence-corrected chi connectivity index (χ2v) is 5.37. The van der Waals surface area contributed by atoms with E-state index in [-0.39, 0.29) is 0 Å². The van der Waals surface area contributed by atoms with Gasteiger partial charge in [-0.25, -0.2) is 0 Å². The number of nitrogens with one attached hydrogen (secondary N) is 1. The van der Waals surface area contributed by atoms with Crippen molar-refractivity contribution < 1.29 is 0 Å². The van der Waals surface area contributed by atoms with E-state index in [0.29, 0.717) is 5.41 Å². The molecular weight excluding hydrogens is 170 g/mol. The first kappa shape index (κ1) is 11.8. The lowest BCUT2D eigenvalue weighted by atomic mass is 9.88. The summed E-state index contributed by atoms with van der Waals surface area (Å²) in [5.41, 5.74) is 0.374. The van der Waals surface area contributed by atoms with Gasteiger partial charge in [-0.3, -0.25) is 0 Å². The lowest BCUT2D eigenvalue weighted by Crippen LogP contribution is -2.37. The SMILES string of the molecule is C=CCC(C)(C)CNC1CCCCC1. The maximum Gasteiger partial charge on any atom is 0.00672 e. The highest BCUT2D eigenvalue weighted by atomic mass is 14.9. The molecule has 1 aliphatic rings. The Balaban J connectivity index is 2.20. The van der Waals surface area contributed by atoms with Crippen LogP contribution < -0.4 is 5.32 Å². The molecule has 1 rings (SSSR count). The van der Waals surface area contributed by atoms with Gasteiger partial charge in [-0.05, 0) is 24.7 Å². The van der Waals surface area contributed by atoms with Gasteiger partial charge < -0.3 is 5.32 Å². The molecule has 0 aliphatic heterocycles. The quantitative estimate of drug-likeness (QED) is 0.662. The van der Waals surface area contributed by atoms with Crippen LogP contribution in [0.15, 0.2) is 12.7 Å². The largest absolute Gasteiger partial charge is 0.313 e. The Bertz CT molecular complexity index is 166. The lowest BCUT2D eigenvalue weighted by molar-refractivity contribution is 0.290. The molecule has 0 spiro atoms. The first-order valence-electron chi connectivity index (χ1n) is 5.98. The average molecular weight is 195 g/mol. The molecule has 0 saturated heterocycles. The summed E-state index contributed by atoms with van der Waals surface area (Å²) < 4.78 is 0. The first-order valence-corrected chi connectivity index (χ1v) is 5.98. The highest BCUT2D eigenvalue weighted by Crippen LogP contribution is 2.22. The molecule has 82 valence electrons. The van der Waals surface area contributed by atoms with Gasteiger partial charge in [-0.1, -0.05) is 39.2 Å². The summed E-state index contributed by atoms with van der Waals surface area (Å²) in [6.45, 7) is 9.56. The number of allylic oxidation sites excluding steroid dienone is 1. The third kappa shape index (κ3) is 4.28. The molecule has 14 heavy (non-hydrogen) atoms. The predicted octanol–water partition coefficient (Wildman–Crippen LogP) is 3.51. The summed E-state index contributed by atoms with van der Waals surface area (Å²) in [7, 11) is 0. The van der Waals surface area contributed by atoms with E-state index in [1.165, 1.54) is 32.1 Å². The highest BCUT2D eigenvalue weighted by Gasteiger charge is 2.19. The molecule has 0 heterocycles. The summed E-state index contributed by atoms with van der Waals surface area (Å²) in [5, 5.41) is 3.70. The molecule has 0 aromatic rings. The first-order chi connectivity index (χ1) is 6.64. The Morgan fingerprint density at radius 2 is 1.93 bits per heavy atom. The smallest absolute Gasteiger partial charge is 0.00672 e. The van der Waals surface area contributed by atoms with Gasteiger partial charge in [0.1, 0.15) is 0 Å². The molecule has 0 aromatic heterocycles. The molecule has 0 aromatic carbocycles. The molecule has 1 fully saturated rings. The second kappa shape index (κ2) is 5.55. The number of rotatable bonds is 5. The van der Waals surface area contributed by atoms with Crippen molar-refractivity contribution >= 4 is 0 Å². The number of hydrogen-bond acceptors (Lipinski definition) is 1. The topological polar surface area (TPSA) is 12.0 Å². The van der Waals surface area contributed by atoms with E-state index in [9.17, 15) is 0 Å². The molecular formula is C13H25N. The Morgan fingerprint density at radius 3 is 2.50 bits per heavy atom. The van der Waals surface area contributed by atoms with E-state index in [0.717, 1.165) is 19.0 Å². The molecule has 1 nitrogen and oxygen atoms in total. The maximum atomic E-state index is 3.81. The van der Waals surface area contributed by atoms with E-state index in [1.807, 2.05) is 6.08 Å². The van der Waals surface area contributed by atoms with Gasteiger partial charge in [0.25, 0.3) is 0 Å². The van der Waals surface area contributed by atoms with Crippen LogP contribution in [0.25, 0.3) is 0 Å². The van der Waals surface area contributed by atoms with Crippen LogP contribution in [0.2, 0.25) is 0 Å². The van der Waals surface area contributed by atoms with Gasteiger partial charge in [0.2, 0.25) is 0 Å². The van der Waals surface area contributed by atoms with Crippen LogP contribution in [0.1, 0.15) is 52.4 Å². The molecule has 1 N–H and O–H groups in total. The molecule has 0 amide bonds. The summed E-state index contributed by atoms with van der Waals surface area (Å²) >= 11 is 0. The zero-order valence-electron chi connectivity index (χ0n) is 9.81. The van der Waals surface area contributed by atoms with Crippen LogP contribution in [0.4, 0.5) is 0 Å². The zero-order chi connectivity index (χ0) is 10.4. The van der Waals surface area contributed by atoms with Gasteiger partial charge in [-0.15, -0.1) is 6.58 Å². The van der Waals surface area contributed by atoms with Gasteiger partial charge in [0.05, 0.1) is 0 Å². The van der Waals surface area contributed by atoms with Gasteiger partial charge in [0.15, 0.2) is 0 Å². The molecule has 0 radical (unpaired) electrons. The minimum absolute atomic E-state index is 0.374. The van der Waals surface area contributed by atoms with Crippen LogP contribution >= 0.6 is 0 Å². The molecule has 0 atom stereocenters. The van der Waals surface area contributed by atoms with E-state index in [4.69, 9.17) is 0 Å². The van der Waals surface area contributed by atoms with Crippen LogP contribution in [-0.4, -0.2) is 12.6 Å². The van der Waals surface area contributed by atoms with Crippen molar-refractivity contribution in [2.75, 3.05) is 6.54 Å². The van der Waals surface area contributed by atoms with Gasteiger partial charge >= 0.3 is 0 Å². The second-order valence-electron chi connectivity index (χ2n) is 5.37. The minimum Gasteiger partial charge on any atom is -0.313 e. The van der Waals surface area contributed by atoms with Crippen molar-refractivity contribution in [1.29, 1.82) is 0 Å². The fourth-order valence-electron chi connectivity index (χ4n) is 2.19. The molecule has 0 unspecified atom stereocenters. The van der Waals surface area contributed by atoms with Crippen molar-refractivity contribution in [2.45, 2.75) is 58.4 Å². The van der Waals surface area contributed by atoms with Crippen LogP contribution in [0, 0.1) is 5.41 Å². The summed E-state index contributed by atoms with van der Waals surface area (Å²) in [6.07, 6.45) is 10.2. The predicted molar refractivity (Wildman–Crippen MR) is 63.5 cm³/mol. The molecule has 1 heteroatoms. The maximum absolute atomic E-state index is 3.81. The Labute approximate surface area is 89.0 Å². The molecule has 1 aliphatic carbocycles. The van der Waals surface area contributed by atoms with Crippen molar-refractivity contribution in [3.05, 3.63) is 12.7 Å². The molecule has 0 bridgehead atoms. The van der Waals surface area contributed by atoms with E-state index >= 15 is 0 Å². The van der Waals surface area contributed by atoms with Crippen molar-refractivity contribution in [3.63, 3.8) is 0 Å². The summed E-state index contributed by atoms with van der Waals surface area (Å²) in [6, 6.07) is 0.785. The third-order valence-corrected chi connectivity index (χ3v) is 3.17. The summed E-state index contributed by atoms with van der Waals surface area (Å²) in [4.78, 5) is 0. The Hall–Kier alpha value is -0.300. The highest BCUT2D eigenvalue weighted by molar-refractivity contribution is 4.83. The standard InChI is InChI=1S/C13H25N/c1-4-10-13(2,3)11-14-12-8-6-5-7-9-12/h4,12,14H,1,5-11H2,2-3H3. The van der Waals surface area contributed by atoms with Crippen LogP contribution in [0.3, 0.4) is 0 Å². The van der Waals surface area contributed by atoms with E-state index in [2.05, 4.69) is 25.7 Å². The summed E-state index contributed by atoms with van der Waals surface area (Å²) in [5.74, 6) is 0. The Kier molecular flexibility index (Phi) is 4.67. The van der Waals surface area contributed by atoms with E-state index < -0.39 is 0 Å². The zero-order valence-corrected chi connectivity index (χ0v) is 9.81. The Morgan fingerprint density at radius 1 is 1.29 bits per heavy atom. The normalized spacial score (nSPS) is 19.6. The van der Waals surface area contributed by atoms with Gasteiger partial charge in [0, 0.05) is 12.6 Å². The average Bonchev–Trinajstić information content (AvgIpc) is 2.17. The van der Waals surface area contributed by atoms with Crippen LogP contribution in [0.5, 0.6) is 0 Å². The van der Waals surface area contributed by atoms with Crippen molar-refractivity contribution in [2.24, 2.45) is 5.41 Å². The fourth-order valence-corrected chi connectivity index (χ4v) is 2.19.